The largest absolute Gasteiger partial charge is 0.351 e. The molecule has 6 heteroatoms. The monoisotopic (exact) mass is 426 g/mol. The average molecular weight is 427 g/mol. The standard InChI is InChI=1S/C26H30N6/c1-25(2)15-22(16-26(3,4)32-25)30-24-29-21(17-27)14-23(31-24)28-20-12-10-19(11-13-20)18-8-6-5-7-9-18/h5-14,22,32H,15-16H2,1-4H3,(H2,28,29,30,31). The van der Waals surface area contributed by atoms with E-state index in [2.05, 4.69) is 83.9 Å². The maximum absolute atomic E-state index is 9.48. The summed E-state index contributed by atoms with van der Waals surface area (Å²) in [5.41, 5.74) is 3.57. The number of aromatic nitrogens is 2. The molecule has 0 unspecified atom stereocenters. The van der Waals surface area contributed by atoms with Crippen LogP contribution in [0.15, 0.2) is 60.7 Å². The Balaban J connectivity index is 1.52. The number of anilines is 3. The van der Waals surface area contributed by atoms with Crippen LogP contribution in [0.4, 0.5) is 17.5 Å². The van der Waals surface area contributed by atoms with Gasteiger partial charge in [-0.2, -0.15) is 10.2 Å². The van der Waals surface area contributed by atoms with Crippen LogP contribution in [0.1, 0.15) is 46.2 Å². The third kappa shape index (κ3) is 5.43. The zero-order chi connectivity index (χ0) is 22.8. The van der Waals surface area contributed by atoms with Crippen LogP contribution in [0.25, 0.3) is 11.1 Å². The molecule has 0 amide bonds. The van der Waals surface area contributed by atoms with Gasteiger partial charge >= 0.3 is 0 Å². The van der Waals surface area contributed by atoms with Gasteiger partial charge in [-0.25, -0.2) is 4.98 Å². The average Bonchev–Trinajstić information content (AvgIpc) is 2.72. The summed E-state index contributed by atoms with van der Waals surface area (Å²) in [5.74, 6) is 1.07. The lowest BCUT2D eigenvalue weighted by atomic mass is 9.80. The van der Waals surface area contributed by atoms with E-state index in [1.165, 1.54) is 5.56 Å². The molecule has 164 valence electrons. The Morgan fingerprint density at radius 3 is 2.16 bits per heavy atom. The van der Waals surface area contributed by atoms with Crippen molar-refractivity contribution in [3.63, 3.8) is 0 Å². The summed E-state index contributed by atoms with van der Waals surface area (Å²) in [6.45, 7) is 8.84. The van der Waals surface area contributed by atoms with Crippen molar-refractivity contribution < 1.29 is 0 Å². The highest BCUT2D eigenvalue weighted by molar-refractivity contribution is 5.68. The Bertz CT molecular complexity index is 1100. The molecule has 3 N–H and O–H groups in total. The van der Waals surface area contributed by atoms with Gasteiger partial charge in [-0.15, -0.1) is 0 Å². The number of nitrogens with zero attached hydrogens (tertiary/aromatic N) is 3. The molecule has 0 atom stereocenters. The molecule has 1 fully saturated rings. The molecule has 2 aromatic carbocycles. The molecule has 32 heavy (non-hydrogen) atoms. The Morgan fingerprint density at radius 1 is 0.906 bits per heavy atom. The number of rotatable bonds is 5. The van der Waals surface area contributed by atoms with Gasteiger partial charge in [0.15, 0.2) is 0 Å². The Labute approximate surface area is 190 Å². The lowest BCUT2D eigenvalue weighted by Crippen LogP contribution is -2.60. The minimum atomic E-state index is 0.00777. The minimum absolute atomic E-state index is 0.00777. The minimum Gasteiger partial charge on any atom is -0.351 e. The predicted octanol–water partition coefficient (Wildman–Crippen LogP) is 5.48. The quantitative estimate of drug-likeness (QED) is 0.501. The maximum Gasteiger partial charge on any atom is 0.226 e. The third-order valence-corrected chi connectivity index (χ3v) is 5.63. The molecule has 3 aromatic rings. The number of hydrogen-bond acceptors (Lipinski definition) is 6. The van der Waals surface area contributed by atoms with E-state index in [4.69, 9.17) is 0 Å². The summed E-state index contributed by atoms with van der Waals surface area (Å²) < 4.78 is 0. The first-order chi connectivity index (χ1) is 15.2. The second-order valence-electron chi connectivity index (χ2n) is 9.78. The van der Waals surface area contributed by atoms with E-state index in [1.54, 1.807) is 6.07 Å². The van der Waals surface area contributed by atoms with E-state index in [0.29, 0.717) is 17.5 Å². The fourth-order valence-corrected chi connectivity index (χ4v) is 4.76. The lowest BCUT2D eigenvalue weighted by molar-refractivity contribution is 0.170. The first kappa shape index (κ1) is 21.8. The SMILES string of the molecule is CC1(C)CC(Nc2nc(C#N)cc(Nc3ccc(-c4ccccc4)cc3)n2)CC(C)(C)N1. The molecule has 0 aliphatic carbocycles. The topological polar surface area (TPSA) is 85.7 Å². The Kier molecular flexibility index (Phi) is 5.86. The van der Waals surface area contributed by atoms with Crippen LogP contribution in [0.3, 0.4) is 0 Å². The summed E-state index contributed by atoms with van der Waals surface area (Å²) in [4.78, 5) is 9.04. The van der Waals surface area contributed by atoms with Crippen molar-refractivity contribution in [3.05, 3.63) is 66.4 Å². The second-order valence-corrected chi connectivity index (χ2v) is 9.78. The van der Waals surface area contributed by atoms with Crippen LogP contribution in [0.2, 0.25) is 0 Å². The summed E-state index contributed by atoms with van der Waals surface area (Å²) in [7, 11) is 0. The summed E-state index contributed by atoms with van der Waals surface area (Å²) >= 11 is 0. The summed E-state index contributed by atoms with van der Waals surface area (Å²) in [6, 6.07) is 22.5. The van der Waals surface area contributed by atoms with E-state index in [1.807, 2.05) is 30.3 Å². The van der Waals surface area contributed by atoms with Crippen molar-refractivity contribution in [2.75, 3.05) is 10.6 Å². The summed E-state index contributed by atoms with van der Waals surface area (Å²) in [5, 5.41) is 19.9. The highest BCUT2D eigenvalue weighted by Crippen LogP contribution is 2.30. The second kappa shape index (κ2) is 8.60. The first-order valence-electron chi connectivity index (χ1n) is 11.0. The van der Waals surface area contributed by atoms with Crippen molar-refractivity contribution in [2.45, 2.75) is 57.7 Å². The number of benzene rings is 2. The van der Waals surface area contributed by atoms with Gasteiger partial charge in [0, 0.05) is 28.9 Å². The third-order valence-electron chi connectivity index (χ3n) is 5.63. The molecule has 1 saturated heterocycles. The molecule has 2 heterocycles. The van der Waals surface area contributed by atoms with Gasteiger partial charge in [-0.1, -0.05) is 42.5 Å². The molecule has 0 bridgehead atoms. The molecule has 0 saturated carbocycles. The van der Waals surface area contributed by atoms with Gasteiger partial charge < -0.3 is 16.0 Å². The van der Waals surface area contributed by atoms with E-state index >= 15 is 0 Å². The Morgan fingerprint density at radius 2 is 1.53 bits per heavy atom. The van der Waals surface area contributed by atoms with E-state index in [-0.39, 0.29) is 17.1 Å². The normalized spacial score (nSPS) is 17.3. The molecule has 1 aliphatic heterocycles. The van der Waals surface area contributed by atoms with Gasteiger partial charge in [0.2, 0.25) is 5.95 Å². The van der Waals surface area contributed by atoms with E-state index < -0.39 is 0 Å². The fourth-order valence-electron chi connectivity index (χ4n) is 4.76. The molecule has 0 radical (unpaired) electrons. The zero-order valence-electron chi connectivity index (χ0n) is 19.1. The number of piperidine rings is 1. The zero-order valence-corrected chi connectivity index (χ0v) is 19.1. The van der Waals surface area contributed by atoms with Crippen LogP contribution < -0.4 is 16.0 Å². The number of nitrogens with one attached hydrogen (secondary N) is 3. The Hall–Kier alpha value is -3.43. The van der Waals surface area contributed by atoms with Gasteiger partial charge in [0.05, 0.1) is 0 Å². The van der Waals surface area contributed by atoms with E-state index in [0.717, 1.165) is 24.1 Å². The molecule has 6 nitrogen and oxygen atoms in total. The highest BCUT2D eigenvalue weighted by atomic mass is 15.2. The van der Waals surface area contributed by atoms with Gasteiger partial charge in [0.1, 0.15) is 17.6 Å². The van der Waals surface area contributed by atoms with Crippen molar-refractivity contribution in [1.29, 1.82) is 5.26 Å². The van der Waals surface area contributed by atoms with Gasteiger partial charge in [-0.3, -0.25) is 0 Å². The molecular formula is C26H30N6. The first-order valence-corrected chi connectivity index (χ1v) is 11.0. The highest BCUT2D eigenvalue weighted by Gasteiger charge is 2.37. The molecule has 1 aliphatic rings. The van der Waals surface area contributed by atoms with Crippen LogP contribution in [-0.4, -0.2) is 27.1 Å². The molecular weight excluding hydrogens is 396 g/mol. The maximum atomic E-state index is 9.48. The smallest absolute Gasteiger partial charge is 0.226 e. The predicted molar refractivity (Wildman–Crippen MR) is 130 cm³/mol. The lowest BCUT2D eigenvalue weighted by Gasteiger charge is -2.46. The van der Waals surface area contributed by atoms with Crippen LogP contribution in [-0.2, 0) is 0 Å². The van der Waals surface area contributed by atoms with Crippen LogP contribution >= 0.6 is 0 Å². The van der Waals surface area contributed by atoms with Crippen molar-refractivity contribution in [1.82, 2.24) is 15.3 Å². The number of nitriles is 1. The van der Waals surface area contributed by atoms with Gasteiger partial charge in [-0.05, 0) is 63.8 Å². The van der Waals surface area contributed by atoms with Gasteiger partial charge in [0.25, 0.3) is 0 Å². The van der Waals surface area contributed by atoms with Crippen molar-refractivity contribution in [3.8, 4) is 17.2 Å². The molecule has 0 spiro atoms. The van der Waals surface area contributed by atoms with Crippen molar-refractivity contribution >= 4 is 17.5 Å². The molecule has 4 rings (SSSR count). The molecule has 1 aromatic heterocycles. The number of hydrogen-bond donors (Lipinski definition) is 3. The van der Waals surface area contributed by atoms with Crippen molar-refractivity contribution in [2.24, 2.45) is 0 Å². The van der Waals surface area contributed by atoms with Crippen LogP contribution in [0.5, 0.6) is 0 Å². The van der Waals surface area contributed by atoms with E-state index in [9.17, 15) is 5.26 Å². The van der Waals surface area contributed by atoms with Crippen LogP contribution in [0, 0.1) is 11.3 Å². The summed E-state index contributed by atoms with van der Waals surface area (Å²) in [6.07, 6.45) is 1.89. The fraction of sp³-hybridized carbons (Fsp3) is 0.346.